The average molecular weight is 282 g/mol. The van der Waals surface area contributed by atoms with Crippen molar-refractivity contribution in [3.8, 4) is 0 Å². The third-order valence-corrected chi connectivity index (χ3v) is 3.82. The van der Waals surface area contributed by atoms with Crippen LogP contribution in [0.3, 0.4) is 0 Å². The SMILES string of the molecule is Nc1ccc2[nH]nc(C(=O)N3CCn4ccnc4C3)c2c1. The molecule has 1 amide bonds. The third kappa shape index (κ3) is 1.85. The largest absolute Gasteiger partial charge is 0.399 e. The van der Waals surface area contributed by atoms with Gasteiger partial charge in [0, 0.05) is 36.6 Å². The Kier molecular flexibility index (Phi) is 2.47. The van der Waals surface area contributed by atoms with Gasteiger partial charge in [-0.3, -0.25) is 9.89 Å². The number of nitrogens with two attached hydrogens (primary N) is 1. The van der Waals surface area contributed by atoms with Gasteiger partial charge in [-0.25, -0.2) is 4.98 Å². The molecular formula is C14H14N6O. The summed E-state index contributed by atoms with van der Waals surface area (Å²) in [5.41, 5.74) is 7.64. The third-order valence-electron chi connectivity index (χ3n) is 3.82. The number of nitrogens with zero attached hydrogens (tertiary/aromatic N) is 4. The van der Waals surface area contributed by atoms with E-state index in [9.17, 15) is 4.79 Å². The number of hydrogen-bond acceptors (Lipinski definition) is 4. The van der Waals surface area contributed by atoms with Gasteiger partial charge in [-0.15, -0.1) is 0 Å². The molecule has 0 atom stereocenters. The number of amides is 1. The molecule has 0 fully saturated rings. The van der Waals surface area contributed by atoms with E-state index in [2.05, 4.69) is 19.7 Å². The van der Waals surface area contributed by atoms with Crippen LogP contribution in [-0.4, -0.2) is 37.1 Å². The number of carbonyl (C=O) groups is 1. The summed E-state index contributed by atoms with van der Waals surface area (Å²) in [6.07, 6.45) is 3.69. The van der Waals surface area contributed by atoms with Crippen molar-refractivity contribution in [2.45, 2.75) is 13.1 Å². The summed E-state index contributed by atoms with van der Waals surface area (Å²) in [4.78, 5) is 18.7. The minimum atomic E-state index is -0.0962. The van der Waals surface area contributed by atoms with Crippen LogP contribution in [0.25, 0.3) is 10.9 Å². The molecule has 3 aromatic rings. The normalized spacial score (nSPS) is 14.4. The van der Waals surface area contributed by atoms with Crippen molar-refractivity contribution in [2.24, 2.45) is 0 Å². The Labute approximate surface area is 120 Å². The molecule has 3 N–H and O–H groups in total. The summed E-state index contributed by atoms with van der Waals surface area (Å²) in [6, 6.07) is 5.39. The molecule has 1 aliphatic heterocycles. The highest BCUT2D eigenvalue weighted by Crippen LogP contribution is 2.21. The molecule has 0 saturated heterocycles. The summed E-state index contributed by atoms with van der Waals surface area (Å²) in [6.45, 7) is 1.91. The summed E-state index contributed by atoms with van der Waals surface area (Å²) in [5.74, 6) is 0.801. The number of carbonyl (C=O) groups excluding carboxylic acids is 1. The van der Waals surface area contributed by atoms with Crippen LogP contribution in [0.5, 0.6) is 0 Å². The lowest BCUT2D eigenvalue weighted by Gasteiger charge is -2.27. The Hall–Kier alpha value is -2.83. The molecule has 1 aliphatic rings. The molecule has 0 unspecified atom stereocenters. The molecule has 4 rings (SSSR count). The Morgan fingerprint density at radius 2 is 2.24 bits per heavy atom. The lowest BCUT2D eigenvalue weighted by molar-refractivity contribution is 0.0703. The van der Waals surface area contributed by atoms with Crippen LogP contribution < -0.4 is 5.73 Å². The Bertz CT molecular complexity index is 833. The van der Waals surface area contributed by atoms with E-state index in [-0.39, 0.29) is 5.91 Å². The van der Waals surface area contributed by atoms with E-state index in [1.807, 2.05) is 12.3 Å². The monoisotopic (exact) mass is 282 g/mol. The molecule has 3 heterocycles. The van der Waals surface area contributed by atoms with Crippen molar-refractivity contribution in [1.82, 2.24) is 24.6 Å². The van der Waals surface area contributed by atoms with Gasteiger partial charge >= 0.3 is 0 Å². The minimum absolute atomic E-state index is 0.0962. The van der Waals surface area contributed by atoms with Crippen LogP contribution in [-0.2, 0) is 13.1 Å². The number of rotatable bonds is 1. The van der Waals surface area contributed by atoms with Crippen molar-refractivity contribution >= 4 is 22.5 Å². The summed E-state index contributed by atoms with van der Waals surface area (Å²) in [5, 5.41) is 7.79. The average Bonchev–Trinajstić information content (AvgIpc) is 3.11. The first kappa shape index (κ1) is 12.0. The molecule has 7 heteroatoms. The van der Waals surface area contributed by atoms with Crippen LogP contribution in [0, 0.1) is 0 Å². The summed E-state index contributed by atoms with van der Waals surface area (Å²) in [7, 11) is 0. The molecule has 1 aromatic carbocycles. The number of H-pyrrole nitrogens is 1. The highest BCUT2D eigenvalue weighted by Gasteiger charge is 2.25. The number of benzene rings is 1. The highest BCUT2D eigenvalue weighted by atomic mass is 16.2. The molecule has 0 radical (unpaired) electrons. The van der Waals surface area contributed by atoms with E-state index in [0.717, 1.165) is 23.3 Å². The Balaban J connectivity index is 1.69. The molecule has 0 aliphatic carbocycles. The zero-order chi connectivity index (χ0) is 14.4. The Morgan fingerprint density at radius 1 is 1.33 bits per heavy atom. The minimum Gasteiger partial charge on any atom is -0.399 e. The number of anilines is 1. The summed E-state index contributed by atoms with van der Waals surface area (Å²) < 4.78 is 2.06. The van der Waals surface area contributed by atoms with Crippen LogP contribution in [0.2, 0.25) is 0 Å². The zero-order valence-electron chi connectivity index (χ0n) is 11.3. The number of fused-ring (bicyclic) bond motifs is 2. The number of hydrogen-bond donors (Lipinski definition) is 2. The van der Waals surface area contributed by atoms with Gasteiger partial charge in [0.1, 0.15) is 5.82 Å². The van der Waals surface area contributed by atoms with Gasteiger partial charge in [0.05, 0.1) is 12.1 Å². The van der Waals surface area contributed by atoms with E-state index >= 15 is 0 Å². The number of nitrogen functional groups attached to an aromatic ring is 1. The second-order valence-corrected chi connectivity index (χ2v) is 5.14. The maximum atomic E-state index is 12.7. The number of nitrogens with one attached hydrogen (secondary N) is 1. The molecule has 21 heavy (non-hydrogen) atoms. The van der Waals surface area contributed by atoms with E-state index < -0.39 is 0 Å². The first-order chi connectivity index (χ1) is 10.2. The van der Waals surface area contributed by atoms with Crippen molar-refractivity contribution in [2.75, 3.05) is 12.3 Å². The molecule has 0 bridgehead atoms. The van der Waals surface area contributed by atoms with E-state index in [4.69, 9.17) is 5.73 Å². The number of aromatic nitrogens is 4. The van der Waals surface area contributed by atoms with Crippen LogP contribution >= 0.6 is 0 Å². The fourth-order valence-electron chi connectivity index (χ4n) is 2.69. The number of imidazole rings is 1. The van der Waals surface area contributed by atoms with Gasteiger partial charge in [-0.05, 0) is 18.2 Å². The smallest absolute Gasteiger partial charge is 0.275 e. The Morgan fingerprint density at radius 3 is 3.14 bits per heavy atom. The van der Waals surface area contributed by atoms with E-state index in [1.165, 1.54) is 0 Å². The maximum absolute atomic E-state index is 12.7. The standard InChI is InChI=1S/C14H14N6O/c15-9-1-2-11-10(7-9)13(18-17-11)14(21)20-6-5-19-4-3-16-12(19)8-20/h1-4,7H,5-6,8,15H2,(H,17,18). The van der Waals surface area contributed by atoms with E-state index in [1.54, 1.807) is 23.2 Å². The molecule has 0 saturated carbocycles. The van der Waals surface area contributed by atoms with Gasteiger partial charge in [0.15, 0.2) is 5.69 Å². The summed E-state index contributed by atoms with van der Waals surface area (Å²) >= 11 is 0. The molecule has 0 spiro atoms. The van der Waals surface area contributed by atoms with Crippen LogP contribution in [0.15, 0.2) is 30.6 Å². The van der Waals surface area contributed by atoms with Crippen molar-refractivity contribution in [1.29, 1.82) is 0 Å². The van der Waals surface area contributed by atoms with Crippen LogP contribution in [0.4, 0.5) is 5.69 Å². The van der Waals surface area contributed by atoms with Gasteiger partial charge in [0.25, 0.3) is 5.91 Å². The molecule has 7 nitrogen and oxygen atoms in total. The van der Waals surface area contributed by atoms with Gasteiger partial charge in [0.2, 0.25) is 0 Å². The molecular weight excluding hydrogens is 268 g/mol. The van der Waals surface area contributed by atoms with Gasteiger partial charge in [-0.2, -0.15) is 5.10 Å². The van der Waals surface area contributed by atoms with Crippen molar-refractivity contribution in [3.05, 3.63) is 42.1 Å². The van der Waals surface area contributed by atoms with Crippen LogP contribution in [0.1, 0.15) is 16.3 Å². The second-order valence-electron chi connectivity index (χ2n) is 5.14. The topological polar surface area (TPSA) is 92.8 Å². The fourth-order valence-corrected chi connectivity index (χ4v) is 2.69. The fraction of sp³-hybridized carbons (Fsp3) is 0.214. The maximum Gasteiger partial charge on any atom is 0.275 e. The number of aromatic amines is 1. The molecule has 106 valence electrons. The highest BCUT2D eigenvalue weighted by molar-refractivity contribution is 6.05. The first-order valence-corrected chi connectivity index (χ1v) is 6.75. The predicted octanol–water partition coefficient (Wildman–Crippen LogP) is 0.998. The van der Waals surface area contributed by atoms with Crippen molar-refractivity contribution < 1.29 is 4.79 Å². The van der Waals surface area contributed by atoms with E-state index in [0.29, 0.717) is 24.5 Å². The second kappa shape index (κ2) is 4.34. The molecule has 2 aromatic heterocycles. The zero-order valence-corrected chi connectivity index (χ0v) is 11.3. The lowest BCUT2D eigenvalue weighted by Crippen LogP contribution is -2.38. The predicted molar refractivity (Wildman–Crippen MR) is 77.5 cm³/mol. The first-order valence-electron chi connectivity index (χ1n) is 6.75. The van der Waals surface area contributed by atoms with Gasteiger partial charge < -0.3 is 15.2 Å². The van der Waals surface area contributed by atoms with Gasteiger partial charge in [-0.1, -0.05) is 0 Å². The van der Waals surface area contributed by atoms with Crippen molar-refractivity contribution in [3.63, 3.8) is 0 Å². The lowest BCUT2D eigenvalue weighted by atomic mass is 10.1. The quantitative estimate of drug-likeness (QED) is 0.651.